The number of carbonyl (C=O) groups is 2. The molecule has 0 amide bonds. The summed E-state index contributed by atoms with van der Waals surface area (Å²) in [7, 11) is 1.63. The smallest absolute Gasteiger partial charge is 0.308 e. The molecule has 0 radical (unpaired) electrons. The summed E-state index contributed by atoms with van der Waals surface area (Å²) < 4.78 is 14.6. The second-order valence-electron chi connectivity index (χ2n) is 3.99. The summed E-state index contributed by atoms with van der Waals surface area (Å²) >= 11 is 0. The van der Waals surface area contributed by atoms with Crippen molar-refractivity contribution in [1.29, 1.82) is 0 Å². The third-order valence-electron chi connectivity index (χ3n) is 2.04. The number of carbonyl (C=O) groups excluding carboxylic acids is 2. The summed E-state index contributed by atoms with van der Waals surface area (Å²) in [6.45, 7) is 4.41. The maximum atomic E-state index is 11.2. The number of unbranched alkanes of at least 4 members (excludes halogenated alkanes) is 1. The van der Waals surface area contributed by atoms with Gasteiger partial charge in [0.1, 0.15) is 13.2 Å². The Balaban J connectivity index is 3.36. The molecule has 0 N–H and O–H groups in total. The van der Waals surface area contributed by atoms with Gasteiger partial charge in [-0.2, -0.15) is 0 Å². The van der Waals surface area contributed by atoms with Gasteiger partial charge < -0.3 is 14.2 Å². The van der Waals surface area contributed by atoms with E-state index >= 15 is 0 Å². The number of hydrogen-bond acceptors (Lipinski definition) is 5. The Morgan fingerprint density at radius 2 is 1.65 bits per heavy atom. The molecule has 0 aliphatic carbocycles. The Kier molecular flexibility index (Phi) is 9.43. The van der Waals surface area contributed by atoms with Gasteiger partial charge in [0, 0.05) is 20.1 Å². The van der Waals surface area contributed by atoms with Crippen molar-refractivity contribution in [2.75, 3.05) is 26.9 Å². The molecule has 17 heavy (non-hydrogen) atoms. The van der Waals surface area contributed by atoms with Crippen LogP contribution in [0.3, 0.4) is 0 Å². The minimum atomic E-state index is -0.277. The molecule has 0 bridgehead atoms. The van der Waals surface area contributed by atoms with E-state index in [-0.39, 0.29) is 31.1 Å². The van der Waals surface area contributed by atoms with Crippen LogP contribution >= 0.6 is 0 Å². The number of esters is 2. The van der Waals surface area contributed by atoms with Crippen molar-refractivity contribution in [2.45, 2.75) is 33.1 Å². The van der Waals surface area contributed by atoms with Crippen LogP contribution in [-0.2, 0) is 23.8 Å². The van der Waals surface area contributed by atoms with Crippen molar-refractivity contribution in [3.05, 3.63) is 0 Å². The van der Waals surface area contributed by atoms with Gasteiger partial charge in [0.25, 0.3) is 0 Å². The summed E-state index contributed by atoms with van der Waals surface area (Å²) in [6, 6.07) is 0. The zero-order chi connectivity index (χ0) is 13.1. The zero-order valence-corrected chi connectivity index (χ0v) is 10.9. The molecule has 5 heteroatoms. The molecule has 0 saturated heterocycles. The van der Waals surface area contributed by atoms with Gasteiger partial charge in [-0.15, -0.1) is 0 Å². The fourth-order valence-electron chi connectivity index (χ4n) is 1.05. The largest absolute Gasteiger partial charge is 0.462 e. The minimum absolute atomic E-state index is 0.126. The van der Waals surface area contributed by atoms with Gasteiger partial charge in [0.05, 0.1) is 5.92 Å². The molecule has 0 saturated carbocycles. The molecular weight excluding hydrogens is 224 g/mol. The first-order valence-corrected chi connectivity index (χ1v) is 5.89. The van der Waals surface area contributed by atoms with Crippen molar-refractivity contribution in [3.63, 3.8) is 0 Å². The van der Waals surface area contributed by atoms with E-state index in [1.807, 2.05) is 0 Å². The van der Waals surface area contributed by atoms with E-state index in [0.717, 1.165) is 12.8 Å². The van der Waals surface area contributed by atoms with E-state index in [0.29, 0.717) is 13.0 Å². The number of hydrogen-bond donors (Lipinski definition) is 0. The molecule has 0 fully saturated rings. The summed E-state index contributed by atoms with van der Waals surface area (Å²) in [5.41, 5.74) is 0. The summed E-state index contributed by atoms with van der Waals surface area (Å²) in [4.78, 5) is 22.2. The van der Waals surface area contributed by atoms with Gasteiger partial charge in [-0.1, -0.05) is 13.8 Å². The Morgan fingerprint density at radius 3 is 2.24 bits per heavy atom. The average Bonchev–Trinajstić information content (AvgIpc) is 2.29. The third-order valence-corrected chi connectivity index (χ3v) is 2.04. The van der Waals surface area contributed by atoms with Crippen LogP contribution in [-0.4, -0.2) is 38.9 Å². The molecule has 0 heterocycles. The van der Waals surface area contributed by atoms with Crippen LogP contribution in [0.4, 0.5) is 0 Å². The van der Waals surface area contributed by atoms with Crippen LogP contribution in [0.25, 0.3) is 0 Å². The zero-order valence-electron chi connectivity index (χ0n) is 10.9. The molecule has 0 aliphatic heterocycles. The first-order valence-electron chi connectivity index (χ1n) is 5.89. The van der Waals surface area contributed by atoms with E-state index in [1.54, 1.807) is 21.0 Å². The van der Waals surface area contributed by atoms with Gasteiger partial charge in [0.2, 0.25) is 0 Å². The molecule has 5 nitrogen and oxygen atoms in total. The third kappa shape index (κ3) is 9.81. The van der Waals surface area contributed by atoms with Gasteiger partial charge in [0.15, 0.2) is 0 Å². The van der Waals surface area contributed by atoms with E-state index in [1.165, 1.54) is 0 Å². The average molecular weight is 246 g/mol. The maximum absolute atomic E-state index is 11.2. The molecule has 0 aromatic rings. The number of rotatable bonds is 9. The summed E-state index contributed by atoms with van der Waals surface area (Å²) in [6.07, 6.45) is 1.97. The monoisotopic (exact) mass is 246 g/mol. The lowest BCUT2D eigenvalue weighted by atomic mass is 10.2. The first kappa shape index (κ1) is 15.9. The van der Waals surface area contributed by atoms with Crippen LogP contribution in [0.1, 0.15) is 33.1 Å². The topological polar surface area (TPSA) is 61.8 Å². The van der Waals surface area contributed by atoms with Crippen molar-refractivity contribution < 1.29 is 23.8 Å². The van der Waals surface area contributed by atoms with Crippen molar-refractivity contribution >= 4 is 11.9 Å². The Labute approximate surface area is 102 Å². The highest BCUT2D eigenvalue weighted by molar-refractivity contribution is 5.71. The van der Waals surface area contributed by atoms with Gasteiger partial charge in [-0.25, -0.2) is 0 Å². The lowest BCUT2D eigenvalue weighted by Crippen LogP contribution is -2.17. The lowest BCUT2D eigenvalue weighted by Gasteiger charge is -2.07. The first-order chi connectivity index (χ1) is 8.07. The molecule has 100 valence electrons. The predicted molar refractivity (Wildman–Crippen MR) is 62.5 cm³/mol. The highest BCUT2D eigenvalue weighted by Crippen LogP contribution is 1.99. The molecule has 0 atom stereocenters. The van der Waals surface area contributed by atoms with Crippen LogP contribution in [0.5, 0.6) is 0 Å². The minimum Gasteiger partial charge on any atom is -0.462 e. The quantitative estimate of drug-likeness (QED) is 0.456. The molecule has 0 unspecified atom stereocenters. The normalized spacial score (nSPS) is 10.4. The van der Waals surface area contributed by atoms with Gasteiger partial charge >= 0.3 is 11.9 Å². The predicted octanol–water partition coefficient (Wildman–Crippen LogP) is 1.55. The summed E-state index contributed by atoms with van der Waals surface area (Å²) in [5, 5.41) is 0. The van der Waals surface area contributed by atoms with E-state index in [4.69, 9.17) is 14.2 Å². The SMILES string of the molecule is COCCCCC(=O)OCCOC(=O)C(C)C. The van der Waals surface area contributed by atoms with Crippen molar-refractivity contribution in [1.82, 2.24) is 0 Å². The maximum Gasteiger partial charge on any atom is 0.308 e. The van der Waals surface area contributed by atoms with E-state index < -0.39 is 0 Å². The van der Waals surface area contributed by atoms with E-state index in [9.17, 15) is 9.59 Å². The molecular formula is C12H22O5. The molecule has 0 rings (SSSR count). The molecule has 0 aromatic carbocycles. The Morgan fingerprint density at radius 1 is 1.00 bits per heavy atom. The number of ether oxygens (including phenoxy) is 3. The molecule has 0 aromatic heterocycles. The highest BCUT2D eigenvalue weighted by atomic mass is 16.6. The highest BCUT2D eigenvalue weighted by Gasteiger charge is 2.08. The van der Waals surface area contributed by atoms with Crippen LogP contribution < -0.4 is 0 Å². The summed E-state index contributed by atoms with van der Waals surface area (Å²) in [5.74, 6) is -0.692. The molecule has 0 aliphatic rings. The Bertz CT molecular complexity index is 225. The van der Waals surface area contributed by atoms with Gasteiger partial charge in [-0.3, -0.25) is 9.59 Å². The fourth-order valence-corrected chi connectivity index (χ4v) is 1.05. The second kappa shape index (κ2) is 10.1. The van der Waals surface area contributed by atoms with Crippen LogP contribution in [0.2, 0.25) is 0 Å². The van der Waals surface area contributed by atoms with E-state index in [2.05, 4.69) is 0 Å². The van der Waals surface area contributed by atoms with Crippen LogP contribution in [0.15, 0.2) is 0 Å². The van der Waals surface area contributed by atoms with Crippen LogP contribution in [0, 0.1) is 5.92 Å². The fraction of sp³-hybridized carbons (Fsp3) is 0.833. The second-order valence-corrected chi connectivity index (χ2v) is 3.99. The Hall–Kier alpha value is -1.10. The standard InChI is InChI=1S/C12H22O5/c1-10(2)12(14)17-9-8-16-11(13)6-4-5-7-15-3/h10H,4-9H2,1-3H3. The lowest BCUT2D eigenvalue weighted by molar-refractivity contribution is -0.154. The number of methoxy groups -OCH3 is 1. The van der Waals surface area contributed by atoms with Gasteiger partial charge in [-0.05, 0) is 12.8 Å². The van der Waals surface area contributed by atoms with Crippen molar-refractivity contribution in [2.24, 2.45) is 5.92 Å². The van der Waals surface area contributed by atoms with Crippen molar-refractivity contribution in [3.8, 4) is 0 Å². The molecule has 0 spiro atoms.